The Kier molecular flexibility index (Phi) is 73.1. The minimum atomic E-state index is -4.96. The van der Waals surface area contributed by atoms with Gasteiger partial charge in [0.2, 0.25) is 0 Å². The van der Waals surface area contributed by atoms with Crippen molar-refractivity contribution in [2.45, 2.75) is 458 Å². The van der Waals surface area contributed by atoms with Crippen LogP contribution in [0, 0.1) is 11.8 Å². The average Bonchev–Trinajstić information content (AvgIpc) is 0.910. The molecule has 0 heterocycles. The second-order valence-electron chi connectivity index (χ2n) is 30.6. The van der Waals surface area contributed by atoms with E-state index in [2.05, 4.69) is 41.5 Å². The third-order valence-corrected chi connectivity index (χ3v) is 21.7. The van der Waals surface area contributed by atoms with Crippen LogP contribution in [0.15, 0.2) is 0 Å². The van der Waals surface area contributed by atoms with E-state index in [1.54, 1.807) is 0 Å². The fourth-order valence-electron chi connectivity index (χ4n) is 12.9. The summed E-state index contributed by atoms with van der Waals surface area (Å²) in [5.41, 5.74) is 0. The van der Waals surface area contributed by atoms with Crippen LogP contribution in [0.4, 0.5) is 0 Å². The molecular formula is C83H162O17P2. The van der Waals surface area contributed by atoms with Gasteiger partial charge in [-0.05, 0) is 37.5 Å². The van der Waals surface area contributed by atoms with Gasteiger partial charge in [-0.3, -0.25) is 37.3 Å². The molecule has 0 fully saturated rings. The van der Waals surface area contributed by atoms with Gasteiger partial charge in [0.1, 0.15) is 19.3 Å². The average molecular weight is 1490 g/mol. The highest BCUT2D eigenvalue weighted by atomic mass is 31.2. The molecule has 3 unspecified atom stereocenters. The van der Waals surface area contributed by atoms with Gasteiger partial charge in [-0.25, -0.2) is 9.13 Å². The van der Waals surface area contributed by atoms with Crippen LogP contribution in [0.2, 0.25) is 0 Å². The molecule has 0 aliphatic carbocycles. The van der Waals surface area contributed by atoms with E-state index in [0.29, 0.717) is 25.7 Å². The summed E-state index contributed by atoms with van der Waals surface area (Å²) in [6, 6.07) is 0. The first-order chi connectivity index (χ1) is 49.4. The van der Waals surface area contributed by atoms with Gasteiger partial charge in [0.25, 0.3) is 0 Å². The minimum absolute atomic E-state index is 0.107. The number of rotatable bonds is 82. The predicted molar refractivity (Wildman–Crippen MR) is 418 cm³/mol. The van der Waals surface area contributed by atoms with Crippen LogP contribution >= 0.6 is 15.6 Å². The van der Waals surface area contributed by atoms with Gasteiger partial charge < -0.3 is 33.8 Å². The van der Waals surface area contributed by atoms with Crippen molar-refractivity contribution >= 4 is 39.5 Å². The van der Waals surface area contributed by atoms with Crippen molar-refractivity contribution in [3.05, 3.63) is 0 Å². The van der Waals surface area contributed by atoms with Crippen molar-refractivity contribution in [3.8, 4) is 0 Å². The summed E-state index contributed by atoms with van der Waals surface area (Å²) in [6.07, 6.45) is 65.2. The highest BCUT2D eigenvalue weighted by molar-refractivity contribution is 7.47. The number of phosphoric ester groups is 2. The van der Waals surface area contributed by atoms with E-state index in [0.717, 1.165) is 102 Å². The zero-order valence-corrected chi connectivity index (χ0v) is 68.7. The summed E-state index contributed by atoms with van der Waals surface area (Å²) in [5.74, 6) is -0.494. The van der Waals surface area contributed by atoms with E-state index in [1.165, 1.54) is 257 Å². The lowest BCUT2D eigenvalue weighted by Gasteiger charge is -2.21. The van der Waals surface area contributed by atoms with Crippen LogP contribution in [0.3, 0.4) is 0 Å². The molecule has 0 saturated heterocycles. The van der Waals surface area contributed by atoms with Crippen LogP contribution < -0.4 is 0 Å². The third-order valence-electron chi connectivity index (χ3n) is 19.8. The Bertz CT molecular complexity index is 1960. The van der Waals surface area contributed by atoms with Gasteiger partial charge in [-0.2, -0.15) is 0 Å². The summed E-state index contributed by atoms with van der Waals surface area (Å²) in [6.45, 7) is 9.70. The fraction of sp³-hybridized carbons (Fsp3) is 0.952. The van der Waals surface area contributed by atoms with E-state index in [-0.39, 0.29) is 25.7 Å². The molecule has 0 radical (unpaired) electrons. The predicted octanol–water partition coefficient (Wildman–Crippen LogP) is 25.1. The van der Waals surface area contributed by atoms with Gasteiger partial charge in [-0.1, -0.05) is 388 Å². The van der Waals surface area contributed by atoms with E-state index < -0.39 is 97.5 Å². The second kappa shape index (κ2) is 74.5. The van der Waals surface area contributed by atoms with Crippen molar-refractivity contribution in [3.63, 3.8) is 0 Å². The molecule has 0 spiro atoms. The molecule has 0 amide bonds. The molecule has 0 bridgehead atoms. The van der Waals surface area contributed by atoms with Crippen molar-refractivity contribution in [2.24, 2.45) is 11.8 Å². The van der Waals surface area contributed by atoms with Gasteiger partial charge in [-0.15, -0.1) is 0 Å². The first kappa shape index (κ1) is 100. The largest absolute Gasteiger partial charge is 0.472 e. The van der Waals surface area contributed by atoms with Gasteiger partial charge >= 0.3 is 39.5 Å². The standard InChI is InChI=1S/C83H162O17P2/c1-7-10-12-14-16-18-20-21-22-23-24-25-29-32-35-42-48-54-60-66-81(86)94-72-79(99-82(87)67-61-55-49-43-36-33-30-27-26-28-31-34-39-45-51-57-63-75(4)5)74-98-102(91,92)96-70-77(84)69-95-101(89,90)97-73-78(71-93-80(85)65-59-53-47-41-19-17-15-13-11-8-2)100-83(88)68-62-56-50-44-38-37-40-46-52-58-64-76(6)9-3/h75-79,84H,7-74H2,1-6H3,(H,89,90)(H,91,92)/t76?,77-,78+,79+/m0/s1. The summed E-state index contributed by atoms with van der Waals surface area (Å²) in [4.78, 5) is 73.1. The van der Waals surface area contributed by atoms with Crippen molar-refractivity contribution in [1.82, 2.24) is 0 Å². The van der Waals surface area contributed by atoms with Crippen molar-refractivity contribution < 1.29 is 80.2 Å². The highest BCUT2D eigenvalue weighted by Crippen LogP contribution is 2.45. The topological polar surface area (TPSA) is 237 Å². The maximum absolute atomic E-state index is 13.1. The molecule has 102 heavy (non-hydrogen) atoms. The molecule has 3 N–H and O–H groups in total. The first-order valence-electron chi connectivity index (χ1n) is 43.0. The summed E-state index contributed by atoms with van der Waals surface area (Å²) in [7, 11) is -9.92. The van der Waals surface area contributed by atoms with E-state index in [1.807, 2.05) is 0 Å². The lowest BCUT2D eigenvalue weighted by atomic mass is 9.99. The Labute approximate surface area is 626 Å². The van der Waals surface area contributed by atoms with E-state index in [4.69, 9.17) is 37.0 Å². The lowest BCUT2D eigenvalue weighted by Crippen LogP contribution is -2.30. The summed E-state index contributed by atoms with van der Waals surface area (Å²) >= 11 is 0. The number of hydrogen-bond donors (Lipinski definition) is 3. The van der Waals surface area contributed by atoms with Crippen LogP contribution in [0.1, 0.15) is 440 Å². The molecule has 0 aliphatic heterocycles. The molecule has 606 valence electrons. The van der Waals surface area contributed by atoms with Gasteiger partial charge in [0.15, 0.2) is 12.2 Å². The zero-order valence-electron chi connectivity index (χ0n) is 66.9. The zero-order chi connectivity index (χ0) is 74.9. The Morgan fingerprint density at radius 2 is 0.500 bits per heavy atom. The Morgan fingerprint density at radius 1 is 0.284 bits per heavy atom. The molecule has 0 rings (SSSR count). The summed E-state index contributed by atoms with van der Waals surface area (Å²) < 4.78 is 68.8. The molecule has 0 aromatic heterocycles. The SMILES string of the molecule is CCCCCCCCCCCCCCCCCCCCCC(=O)OC[C@H](COP(=O)(O)OC[C@@H](O)COP(=O)(O)OC[C@@H](COC(=O)CCCCCCCCCCCC)OC(=O)CCCCCCCCCCCCC(C)CC)OC(=O)CCCCCCCCCCCCCCCCCCC(C)C. The molecule has 0 aromatic carbocycles. The molecule has 0 saturated carbocycles. The Morgan fingerprint density at radius 3 is 0.745 bits per heavy atom. The van der Waals surface area contributed by atoms with Crippen LogP contribution in [0.25, 0.3) is 0 Å². The Hall–Kier alpha value is -1.94. The van der Waals surface area contributed by atoms with Gasteiger partial charge in [0.05, 0.1) is 26.4 Å². The number of carbonyl (C=O) groups excluding carboxylic acids is 4. The second-order valence-corrected chi connectivity index (χ2v) is 33.5. The monoisotopic (exact) mass is 1490 g/mol. The lowest BCUT2D eigenvalue weighted by molar-refractivity contribution is -0.161. The number of unbranched alkanes of at least 4 members (excludes halogenated alkanes) is 51. The van der Waals surface area contributed by atoms with E-state index >= 15 is 0 Å². The number of ether oxygens (including phenoxy) is 4. The maximum Gasteiger partial charge on any atom is 0.472 e. The number of hydrogen-bond acceptors (Lipinski definition) is 15. The molecule has 0 aromatic rings. The molecule has 6 atom stereocenters. The molecule has 19 heteroatoms. The van der Waals surface area contributed by atoms with Crippen LogP contribution in [0.5, 0.6) is 0 Å². The quantitative estimate of drug-likeness (QED) is 0.0222. The number of esters is 4. The molecule has 0 aliphatic rings. The van der Waals surface area contributed by atoms with Crippen LogP contribution in [-0.4, -0.2) is 96.7 Å². The third kappa shape index (κ3) is 74.9. The van der Waals surface area contributed by atoms with Gasteiger partial charge in [0, 0.05) is 25.7 Å². The highest BCUT2D eigenvalue weighted by Gasteiger charge is 2.30. The maximum atomic E-state index is 13.1. The summed E-state index contributed by atoms with van der Waals surface area (Å²) in [5, 5.41) is 10.7. The number of aliphatic hydroxyl groups excluding tert-OH is 1. The first-order valence-corrected chi connectivity index (χ1v) is 46.0. The number of carbonyl (C=O) groups is 4. The number of phosphoric acid groups is 2. The minimum Gasteiger partial charge on any atom is -0.462 e. The number of aliphatic hydroxyl groups is 1. The van der Waals surface area contributed by atoms with Crippen LogP contribution in [-0.2, 0) is 65.4 Å². The molecular weight excluding hydrogens is 1330 g/mol. The van der Waals surface area contributed by atoms with Crippen molar-refractivity contribution in [1.29, 1.82) is 0 Å². The van der Waals surface area contributed by atoms with E-state index in [9.17, 15) is 43.2 Å². The molecule has 17 nitrogen and oxygen atoms in total. The fourth-order valence-corrected chi connectivity index (χ4v) is 14.4. The van der Waals surface area contributed by atoms with Crippen molar-refractivity contribution in [2.75, 3.05) is 39.6 Å². The normalized spacial score (nSPS) is 14.1. The Balaban J connectivity index is 5.23. The smallest absolute Gasteiger partial charge is 0.462 e.